The Hall–Kier alpha value is -1.35. The Labute approximate surface area is 128 Å². The Balaban J connectivity index is 1.78. The molecule has 0 spiro atoms. The van der Waals surface area contributed by atoms with Crippen LogP contribution < -0.4 is 10.6 Å². The number of amides is 1. The van der Waals surface area contributed by atoms with E-state index in [0.29, 0.717) is 18.9 Å². The van der Waals surface area contributed by atoms with Gasteiger partial charge in [-0.05, 0) is 29.0 Å². The molecule has 0 bridgehead atoms. The summed E-state index contributed by atoms with van der Waals surface area (Å²) in [4.78, 5) is 12.1. The maximum atomic E-state index is 12.1. The topological polar surface area (TPSA) is 41.1 Å². The smallest absolute Gasteiger partial charge is 0.220 e. The van der Waals surface area contributed by atoms with Gasteiger partial charge in [0.25, 0.3) is 0 Å². The molecule has 3 nitrogen and oxygen atoms in total. The zero-order chi connectivity index (χ0) is 15.1. The van der Waals surface area contributed by atoms with Crippen molar-refractivity contribution in [3.05, 3.63) is 34.9 Å². The Kier molecular flexibility index (Phi) is 6.24. The molecule has 1 atom stereocenters. The molecule has 0 saturated carbocycles. The lowest BCUT2D eigenvalue weighted by Crippen LogP contribution is -2.25. The zero-order valence-corrected chi connectivity index (χ0v) is 13.4. The average Bonchev–Trinajstić information content (AvgIpc) is 2.96. The highest BCUT2D eigenvalue weighted by Crippen LogP contribution is 2.18. The molecule has 1 aromatic carbocycles. The molecular weight excluding hydrogens is 260 g/mol. The first kappa shape index (κ1) is 16.0. The van der Waals surface area contributed by atoms with E-state index in [9.17, 15) is 4.79 Å². The lowest BCUT2D eigenvalue weighted by atomic mass is 9.95. The molecule has 0 aromatic heterocycles. The molecule has 21 heavy (non-hydrogen) atoms. The normalized spacial score (nSPS) is 14.8. The van der Waals surface area contributed by atoms with Gasteiger partial charge in [-0.3, -0.25) is 4.79 Å². The fourth-order valence-corrected chi connectivity index (χ4v) is 2.94. The number of nitrogens with one attached hydrogen (secondary N) is 2. The van der Waals surface area contributed by atoms with Crippen molar-refractivity contribution in [3.8, 4) is 0 Å². The summed E-state index contributed by atoms with van der Waals surface area (Å²) >= 11 is 0. The second-order valence-corrected chi connectivity index (χ2v) is 6.10. The van der Waals surface area contributed by atoms with Crippen molar-refractivity contribution in [3.63, 3.8) is 0 Å². The number of carbonyl (C=O) groups is 1. The zero-order valence-electron chi connectivity index (χ0n) is 13.4. The maximum absolute atomic E-state index is 12.1. The van der Waals surface area contributed by atoms with E-state index in [1.807, 2.05) is 0 Å². The predicted molar refractivity (Wildman–Crippen MR) is 86.8 cm³/mol. The first-order valence-electron chi connectivity index (χ1n) is 8.31. The van der Waals surface area contributed by atoms with Crippen molar-refractivity contribution in [2.24, 2.45) is 5.92 Å². The first-order chi connectivity index (χ1) is 10.2. The molecule has 1 aliphatic rings. The Morgan fingerprint density at radius 1 is 1.29 bits per heavy atom. The van der Waals surface area contributed by atoms with Crippen molar-refractivity contribution in [1.82, 2.24) is 10.6 Å². The van der Waals surface area contributed by atoms with Crippen molar-refractivity contribution in [1.29, 1.82) is 0 Å². The molecule has 1 aromatic rings. The number of rotatable bonds is 8. The summed E-state index contributed by atoms with van der Waals surface area (Å²) in [5, 5.41) is 6.42. The van der Waals surface area contributed by atoms with E-state index >= 15 is 0 Å². The molecule has 3 heteroatoms. The third-order valence-corrected chi connectivity index (χ3v) is 4.41. The lowest BCUT2D eigenvalue weighted by Gasteiger charge is -2.14. The van der Waals surface area contributed by atoms with Crippen LogP contribution in [0.15, 0.2) is 18.2 Å². The van der Waals surface area contributed by atoms with Crippen LogP contribution in [0.3, 0.4) is 0 Å². The molecule has 1 aliphatic heterocycles. The molecule has 0 aliphatic carbocycles. The number of fused-ring (bicyclic) bond motifs is 1. The van der Waals surface area contributed by atoms with Crippen molar-refractivity contribution in [2.75, 3.05) is 0 Å². The van der Waals surface area contributed by atoms with Crippen LogP contribution in [0.5, 0.6) is 0 Å². The maximum Gasteiger partial charge on any atom is 0.220 e. The van der Waals surface area contributed by atoms with Crippen LogP contribution in [0.1, 0.15) is 62.6 Å². The third-order valence-electron chi connectivity index (χ3n) is 4.41. The van der Waals surface area contributed by atoms with E-state index < -0.39 is 0 Å². The van der Waals surface area contributed by atoms with E-state index in [1.54, 1.807) is 0 Å². The second-order valence-electron chi connectivity index (χ2n) is 6.10. The van der Waals surface area contributed by atoms with E-state index in [1.165, 1.54) is 36.0 Å². The Morgan fingerprint density at radius 2 is 2.10 bits per heavy atom. The number of hydrogen-bond donors (Lipinski definition) is 2. The van der Waals surface area contributed by atoms with E-state index in [-0.39, 0.29) is 5.91 Å². The molecule has 0 saturated heterocycles. The van der Waals surface area contributed by atoms with Gasteiger partial charge in [-0.15, -0.1) is 0 Å². The van der Waals surface area contributed by atoms with Gasteiger partial charge in [0.15, 0.2) is 0 Å². The molecule has 116 valence electrons. The first-order valence-corrected chi connectivity index (χ1v) is 8.31. The largest absolute Gasteiger partial charge is 0.352 e. The summed E-state index contributed by atoms with van der Waals surface area (Å²) in [5.41, 5.74) is 3.96. The van der Waals surface area contributed by atoms with Gasteiger partial charge >= 0.3 is 0 Å². The second kappa shape index (κ2) is 8.18. The van der Waals surface area contributed by atoms with Crippen LogP contribution >= 0.6 is 0 Å². The highest BCUT2D eigenvalue weighted by Gasteiger charge is 2.13. The van der Waals surface area contributed by atoms with Gasteiger partial charge in [-0.1, -0.05) is 51.3 Å². The van der Waals surface area contributed by atoms with Crippen LogP contribution in [-0.2, 0) is 24.4 Å². The minimum atomic E-state index is 0.191. The standard InChI is InChI=1S/C18H28N2O/c1-3-5-6-14(4-2)10-18(21)20-11-15-7-8-16-12-19-13-17(16)9-15/h7-9,14,19H,3-6,10-13H2,1-2H3,(H,20,21). The summed E-state index contributed by atoms with van der Waals surface area (Å²) in [7, 11) is 0. The van der Waals surface area contributed by atoms with E-state index in [0.717, 1.165) is 19.5 Å². The highest BCUT2D eigenvalue weighted by atomic mass is 16.1. The van der Waals surface area contributed by atoms with Crippen molar-refractivity contribution in [2.45, 2.75) is 65.6 Å². The van der Waals surface area contributed by atoms with Crippen LogP contribution in [0.2, 0.25) is 0 Å². The van der Waals surface area contributed by atoms with Gasteiger partial charge in [0.05, 0.1) is 0 Å². The molecule has 0 radical (unpaired) electrons. The third kappa shape index (κ3) is 4.85. The number of hydrogen-bond acceptors (Lipinski definition) is 2. The number of unbranched alkanes of at least 4 members (excludes halogenated alkanes) is 1. The van der Waals surface area contributed by atoms with Gasteiger partial charge in [0.2, 0.25) is 5.91 Å². The minimum Gasteiger partial charge on any atom is -0.352 e. The number of carbonyl (C=O) groups excluding carboxylic acids is 1. The van der Waals surface area contributed by atoms with Gasteiger partial charge in [-0.25, -0.2) is 0 Å². The van der Waals surface area contributed by atoms with Crippen LogP contribution in [0.25, 0.3) is 0 Å². The molecule has 1 unspecified atom stereocenters. The van der Waals surface area contributed by atoms with Gasteiger partial charge < -0.3 is 10.6 Å². The van der Waals surface area contributed by atoms with Crippen molar-refractivity contribution < 1.29 is 4.79 Å². The fraction of sp³-hybridized carbons (Fsp3) is 0.611. The van der Waals surface area contributed by atoms with E-state index in [4.69, 9.17) is 0 Å². The molecule has 1 amide bonds. The minimum absolute atomic E-state index is 0.191. The monoisotopic (exact) mass is 288 g/mol. The van der Waals surface area contributed by atoms with Crippen LogP contribution in [-0.4, -0.2) is 5.91 Å². The Bertz CT molecular complexity index is 470. The van der Waals surface area contributed by atoms with Crippen LogP contribution in [0.4, 0.5) is 0 Å². The van der Waals surface area contributed by atoms with Gasteiger partial charge in [0.1, 0.15) is 0 Å². The number of benzene rings is 1. The predicted octanol–water partition coefficient (Wildman–Crippen LogP) is 3.51. The Morgan fingerprint density at radius 3 is 2.86 bits per heavy atom. The summed E-state index contributed by atoms with van der Waals surface area (Å²) < 4.78 is 0. The molecule has 2 N–H and O–H groups in total. The molecule has 0 fully saturated rings. The summed E-state index contributed by atoms with van der Waals surface area (Å²) in [6.45, 7) is 6.95. The highest BCUT2D eigenvalue weighted by molar-refractivity contribution is 5.76. The summed E-state index contributed by atoms with van der Waals surface area (Å²) in [6.07, 6.45) is 5.37. The lowest BCUT2D eigenvalue weighted by molar-refractivity contribution is -0.122. The summed E-state index contributed by atoms with van der Waals surface area (Å²) in [5.74, 6) is 0.728. The average molecular weight is 288 g/mol. The molecule has 1 heterocycles. The van der Waals surface area contributed by atoms with Crippen molar-refractivity contribution >= 4 is 5.91 Å². The fourth-order valence-electron chi connectivity index (χ4n) is 2.94. The van der Waals surface area contributed by atoms with Gasteiger partial charge in [-0.2, -0.15) is 0 Å². The summed E-state index contributed by atoms with van der Waals surface area (Å²) in [6, 6.07) is 6.51. The van der Waals surface area contributed by atoms with Crippen LogP contribution in [0, 0.1) is 5.92 Å². The molecular formula is C18H28N2O. The van der Waals surface area contributed by atoms with Gasteiger partial charge in [0, 0.05) is 26.1 Å². The SMILES string of the molecule is CCCCC(CC)CC(=O)NCc1ccc2c(c1)CNC2. The quantitative estimate of drug-likeness (QED) is 0.768. The van der Waals surface area contributed by atoms with E-state index in [2.05, 4.69) is 42.7 Å². The molecule has 2 rings (SSSR count).